The molecule has 1 rings (SSSR count). The van der Waals surface area contributed by atoms with Gasteiger partial charge in [0.2, 0.25) is 5.91 Å². The molecule has 2 N–H and O–H groups in total. The van der Waals surface area contributed by atoms with Crippen LogP contribution in [0.5, 0.6) is 0 Å². The molecular formula is C14H19NO3S. The fourth-order valence-corrected chi connectivity index (χ4v) is 2.00. The highest BCUT2D eigenvalue weighted by Crippen LogP contribution is 2.10. The fraction of sp³-hybridized carbons (Fsp3) is 0.429. The van der Waals surface area contributed by atoms with Gasteiger partial charge in [-0.3, -0.25) is 4.79 Å². The Hall–Kier alpha value is -1.49. The van der Waals surface area contributed by atoms with E-state index in [-0.39, 0.29) is 17.9 Å². The lowest BCUT2D eigenvalue weighted by molar-refractivity contribution is -0.120. The molecule has 0 saturated carbocycles. The lowest BCUT2D eigenvalue weighted by Gasteiger charge is -2.10. The van der Waals surface area contributed by atoms with Crippen molar-refractivity contribution in [2.24, 2.45) is 0 Å². The van der Waals surface area contributed by atoms with E-state index in [0.29, 0.717) is 17.4 Å². The number of rotatable bonds is 7. The summed E-state index contributed by atoms with van der Waals surface area (Å²) in [6.45, 7) is 2.73. The van der Waals surface area contributed by atoms with E-state index in [1.54, 1.807) is 30.0 Å². The van der Waals surface area contributed by atoms with Gasteiger partial charge < -0.3 is 10.4 Å². The van der Waals surface area contributed by atoms with Gasteiger partial charge in [-0.15, -0.1) is 0 Å². The van der Waals surface area contributed by atoms with Crippen LogP contribution in [0, 0.1) is 0 Å². The SMILES string of the molecule is CSC(C)CCNC(=O)Cc1ccccc1C(=O)O. The van der Waals surface area contributed by atoms with Gasteiger partial charge in [-0.25, -0.2) is 4.79 Å². The highest BCUT2D eigenvalue weighted by Gasteiger charge is 2.12. The minimum absolute atomic E-state index is 0.107. The van der Waals surface area contributed by atoms with Gasteiger partial charge in [-0.05, 0) is 24.3 Å². The number of hydrogen-bond donors (Lipinski definition) is 2. The van der Waals surface area contributed by atoms with E-state index in [2.05, 4.69) is 12.2 Å². The number of carbonyl (C=O) groups excluding carboxylic acids is 1. The third-order valence-electron chi connectivity index (χ3n) is 2.87. The summed E-state index contributed by atoms with van der Waals surface area (Å²) in [6, 6.07) is 6.59. The molecule has 0 aliphatic rings. The van der Waals surface area contributed by atoms with Crippen molar-refractivity contribution in [1.29, 1.82) is 0 Å². The second-order valence-corrected chi connectivity index (χ2v) is 5.60. The summed E-state index contributed by atoms with van der Waals surface area (Å²) < 4.78 is 0. The van der Waals surface area contributed by atoms with E-state index in [4.69, 9.17) is 5.11 Å². The van der Waals surface area contributed by atoms with Gasteiger partial charge in [0.25, 0.3) is 0 Å². The fourth-order valence-electron chi connectivity index (χ4n) is 1.65. The monoisotopic (exact) mass is 281 g/mol. The predicted octanol–water partition coefficient (Wildman–Crippen LogP) is 2.19. The van der Waals surface area contributed by atoms with Gasteiger partial charge in [-0.1, -0.05) is 25.1 Å². The molecule has 0 aromatic heterocycles. The van der Waals surface area contributed by atoms with Crippen LogP contribution in [-0.2, 0) is 11.2 Å². The number of thioether (sulfide) groups is 1. The molecule has 0 fully saturated rings. The number of carboxylic acid groups (broad SMARTS) is 1. The molecule has 1 atom stereocenters. The van der Waals surface area contributed by atoms with Crippen molar-refractivity contribution >= 4 is 23.6 Å². The third-order valence-corrected chi connectivity index (χ3v) is 3.91. The Kier molecular flexibility index (Phi) is 6.42. The zero-order valence-corrected chi connectivity index (χ0v) is 12.0. The predicted molar refractivity (Wildman–Crippen MR) is 77.7 cm³/mol. The van der Waals surface area contributed by atoms with Crippen LogP contribution in [-0.4, -0.2) is 35.0 Å². The first kappa shape index (κ1) is 15.6. The Balaban J connectivity index is 2.51. The molecule has 0 spiro atoms. The maximum Gasteiger partial charge on any atom is 0.335 e. The Labute approximate surface area is 117 Å². The highest BCUT2D eigenvalue weighted by molar-refractivity contribution is 7.99. The van der Waals surface area contributed by atoms with Gasteiger partial charge in [0.15, 0.2) is 0 Å². The average Bonchev–Trinajstić information content (AvgIpc) is 2.38. The first-order valence-corrected chi connectivity index (χ1v) is 7.44. The summed E-state index contributed by atoms with van der Waals surface area (Å²) in [7, 11) is 0. The third kappa shape index (κ3) is 5.34. The van der Waals surface area contributed by atoms with Gasteiger partial charge >= 0.3 is 5.97 Å². The minimum atomic E-state index is -1.00. The highest BCUT2D eigenvalue weighted by atomic mass is 32.2. The van der Waals surface area contributed by atoms with Crippen molar-refractivity contribution in [3.63, 3.8) is 0 Å². The van der Waals surface area contributed by atoms with Gasteiger partial charge in [0, 0.05) is 11.8 Å². The van der Waals surface area contributed by atoms with Crippen molar-refractivity contribution in [3.8, 4) is 0 Å². The Morgan fingerprint density at radius 3 is 2.68 bits per heavy atom. The maximum atomic E-state index is 11.7. The van der Waals surface area contributed by atoms with Crippen molar-refractivity contribution in [2.45, 2.75) is 25.0 Å². The largest absolute Gasteiger partial charge is 0.478 e. The van der Waals surface area contributed by atoms with Crippen LogP contribution in [0.1, 0.15) is 29.3 Å². The molecule has 104 valence electrons. The topological polar surface area (TPSA) is 66.4 Å². The van der Waals surface area contributed by atoms with Crippen molar-refractivity contribution < 1.29 is 14.7 Å². The molecule has 0 saturated heterocycles. The molecular weight excluding hydrogens is 262 g/mol. The molecule has 4 nitrogen and oxygen atoms in total. The average molecular weight is 281 g/mol. The minimum Gasteiger partial charge on any atom is -0.478 e. The summed E-state index contributed by atoms with van der Waals surface area (Å²) >= 11 is 1.76. The molecule has 1 aromatic rings. The van der Waals surface area contributed by atoms with E-state index in [0.717, 1.165) is 6.42 Å². The van der Waals surface area contributed by atoms with E-state index in [1.807, 2.05) is 6.26 Å². The number of hydrogen-bond acceptors (Lipinski definition) is 3. The van der Waals surface area contributed by atoms with Gasteiger partial charge in [0.1, 0.15) is 0 Å². The first-order valence-electron chi connectivity index (χ1n) is 6.15. The quantitative estimate of drug-likeness (QED) is 0.804. The van der Waals surface area contributed by atoms with Crippen LogP contribution in [0.2, 0.25) is 0 Å². The van der Waals surface area contributed by atoms with Crippen LogP contribution in [0.3, 0.4) is 0 Å². The van der Waals surface area contributed by atoms with Crippen molar-refractivity contribution in [1.82, 2.24) is 5.32 Å². The summed E-state index contributed by atoms with van der Waals surface area (Å²) in [4.78, 5) is 22.8. The number of amides is 1. The number of carboxylic acids is 1. The number of benzene rings is 1. The van der Waals surface area contributed by atoms with Crippen LogP contribution < -0.4 is 5.32 Å². The molecule has 0 aliphatic carbocycles. The molecule has 19 heavy (non-hydrogen) atoms. The van der Waals surface area contributed by atoms with Crippen LogP contribution in [0.4, 0.5) is 0 Å². The van der Waals surface area contributed by atoms with E-state index in [1.165, 1.54) is 6.07 Å². The lowest BCUT2D eigenvalue weighted by atomic mass is 10.0. The normalized spacial score (nSPS) is 11.9. The zero-order chi connectivity index (χ0) is 14.3. The van der Waals surface area contributed by atoms with Gasteiger partial charge in [-0.2, -0.15) is 11.8 Å². The molecule has 0 heterocycles. The van der Waals surface area contributed by atoms with E-state index >= 15 is 0 Å². The second kappa shape index (κ2) is 7.84. The molecule has 1 aromatic carbocycles. The van der Waals surface area contributed by atoms with E-state index in [9.17, 15) is 9.59 Å². The summed E-state index contributed by atoms with van der Waals surface area (Å²) in [5.41, 5.74) is 0.737. The number of nitrogens with one attached hydrogen (secondary N) is 1. The summed E-state index contributed by atoms with van der Waals surface area (Å²) in [6.07, 6.45) is 3.05. The number of aromatic carboxylic acids is 1. The second-order valence-electron chi connectivity index (χ2n) is 4.32. The Bertz CT molecular complexity index is 448. The standard InChI is InChI=1S/C14H19NO3S/c1-10(19-2)7-8-15-13(16)9-11-5-3-4-6-12(11)14(17)18/h3-6,10H,7-9H2,1-2H3,(H,15,16)(H,17,18). The van der Waals surface area contributed by atoms with Crippen molar-refractivity contribution in [2.75, 3.05) is 12.8 Å². The molecule has 0 aliphatic heterocycles. The molecule has 1 amide bonds. The molecule has 0 bridgehead atoms. The Morgan fingerprint density at radius 1 is 1.37 bits per heavy atom. The number of carbonyl (C=O) groups is 2. The van der Waals surface area contributed by atoms with Crippen LogP contribution >= 0.6 is 11.8 Å². The molecule has 5 heteroatoms. The van der Waals surface area contributed by atoms with Crippen molar-refractivity contribution in [3.05, 3.63) is 35.4 Å². The summed E-state index contributed by atoms with van der Waals surface area (Å²) in [5.74, 6) is -1.14. The van der Waals surface area contributed by atoms with Crippen LogP contribution in [0.15, 0.2) is 24.3 Å². The summed E-state index contributed by atoms with van der Waals surface area (Å²) in [5, 5.41) is 12.3. The van der Waals surface area contributed by atoms with Gasteiger partial charge in [0.05, 0.1) is 12.0 Å². The maximum absolute atomic E-state index is 11.7. The van der Waals surface area contributed by atoms with Crippen LogP contribution in [0.25, 0.3) is 0 Å². The first-order chi connectivity index (χ1) is 9.04. The molecule has 0 radical (unpaired) electrons. The smallest absolute Gasteiger partial charge is 0.335 e. The lowest BCUT2D eigenvalue weighted by Crippen LogP contribution is -2.28. The Morgan fingerprint density at radius 2 is 2.05 bits per heavy atom. The van der Waals surface area contributed by atoms with E-state index < -0.39 is 5.97 Å². The zero-order valence-electron chi connectivity index (χ0n) is 11.2. The molecule has 1 unspecified atom stereocenters.